The summed E-state index contributed by atoms with van der Waals surface area (Å²) in [4.78, 5) is 0. The normalized spacial score (nSPS) is 12.5. The van der Waals surface area contributed by atoms with Crippen LogP contribution < -0.4 is 5.32 Å². The molecule has 0 aliphatic rings. The van der Waals surface area contributed by atoms with Crippen LogP contribution in [0.5, 0.6) is 0 Å². The van der Waals surface area contributed by atoms with Gasteiger partial charge in [-0.3, -0.25) is 0 Å². The molecule has 3 nitrogen and oxygen atoms in total. The fraction of sp³-hybridized carbons (Fsp3) is 0.375. The quantitative estimate of drug-likeness (QED) is 0.773. The fourth-order valence-electron chi connectivity index (χ4n) is 2.12. The number of ether oxygens (including phenoxy) is 1. The largest absolute Gasteiger partial charge is 0.383 e. The minimum Gasteiger partial charge on any atom is -0.383 e. The predicted octanol–water partition coefficient (Wildman–Crippen LogP) is 2.83. The van der Waals surface area contributed by atoms with E-state index in [1.807, 2.05) is 0 Å². The lowest BCUT2D eigenvalue weighted by Gasteiger charge is -2.13. The Bertz CT molecular complexity index is 479. The molecule has 102 valence electrons. The van der Waals surface area contributed by atoms with Crippen molar-refractivity contribution in [1.29, 1.82) is 0 Å². The average Bonchev–Trinajstić information content (AvgIpc) is 2.92. The fourth-order valence-corrected chi connectivity index (χ4v) is 2.12. The zero-order valence-electron chi connectivity index (χ0n) is 11.7. The lowest BCUT2D eigenvalue weighted by molar-refractivity contribution is 0.199. The van der Waals surface area contributed by atoms with Crippen LogP contribution in [0.4, 0.5) is 0 Å². The summed E-state index contributed by atoms with van der Waals surface area (Å²) in [5.74, 6) is 0. The number of hydrogen-bond donors (Lipinski definition) is 1. The molecule has 2 aromatic rings. The Labute approximate surface area is 115 Å². The maximum absolute atomic E-state index is 5.01. The lowest BCUT2D eigenvalue weighted by atomic mass is 10.1. The van der Waals surface area contributed by atoms with Crippen LogP contribution in [-0.4, -0.2) is 24.8 Å². The smallest absolute Gasteiger partial charge is 0.0587 e. The summed E-state index contributed by atoms with van der Waals surface area (Å²) in [5.41, 5.74) is 2.64. The van der Waals surface area contributed by atoms with Crippen LogP contribution in [0.15, 0.2) is 48.8 Å². The second kappa shape index (κ2) is 7.12. The van der Waals surface area contributed by atoms with Crippen molar-refractivity contribution in [3.8, 4) is 0 Å². The summed E-state index contributed by atoms with van der Waals surface area (Å²) in [6.07, 6.45) is 4.35. The van der Waals surface area contributed by atoms with E-state index in [-0.39, 0.29) is 0 Å². The van der Waals surface area contributed by atoms with E-state index in [2.05, 4.69) is 65.6 Å². The minimum atomic E-state index is 0.369. The van der Waals surface area contributed by atoms with Gasteiger partial charge in [-0.1, -0.05) is 30.3 Å². The van der Waals surface area contributed by atoms with Crippen LogP contribution in [0.25, 0.3) is 0 Å². The van der Waals surface area contributed by atoms with E-state index >= 15 is 0 Å². The van der Waals surface area contributed by atoms with Gasteiger partial charge in [-0.05, 0) is 24.1 Å². The molecule has 0 saturated carbocycles. The van der Waals surface area contributed by atoms with Gasteiger partial charge in [0.25, 0.3) is 0 Å². The number of methoxy groups -OCH3 is 1. The van der Waals surface area contributed by atoms with Crippen LogP contribution in [-0.2, 0) is 11.3 Å². The molecule has 1 N–H and O–H groups in total. The Hall–Kier alpha value is -1.58. The summed E-state index contributed by atoms with van der Waals surface area (Å²) in [5, 5.41) is 3.36. The molecule has 0 aliphatic heterocycles. The first-order valence-electron chi connectivity index (χ1n) is 6.72. The molecule has 0 saturated heterocycles. The molecule has 1 aromatic carbocycles. The van der Waals surface area contributed by atoms with Crippen molar-refractivity contribution >= 4 is 0 Å². The topological polar surface area (TPSA) is 26.2 Å². The Balaban J connectivity index is 1.93. The van der Waals surface area contributed by atoms with E-state index in [9.17, 15) is 0 Å². The van der Waals surface area contributed by atoms with Crippen LogP contribution in [0.1, 0.15) is 24.1 Å². The van der Waals surface area contributed by atoms with Crippen molar-refractivity contribution in [3.63, 3.8) is 0 Å². The number of aromatic nitrogens is 1. The summed E-state index contributed by atoms with van der Waals surface area (Å²) < 4.78 is 7.27. The molecular formula is C16H22N2O. The van der Waals surface area contributed by atoms with Crippen molar-refractivity contribution < 1.29 is 4.74 Å². The van der Waals surface area contributed by atoms with E-state index < -0.39 is 0 Å². The molecule has 1 atom stereocenters. The van der Waals surface area contributed by atoms with Crippen molar-refractivity contribution in [1.82, 2.24) is 9.88 Å². The van der Waals surface area contributed by atoms with Gasteiger partial charge >= 0.3 is 0 Å². The van der Waals surface area contributed by atoms with E-state index in [0.29, 0.717) is 6.04 Å². The molecular weight excluding hydrogens is 236 g/mol. The van der Waals surface area contributed by atoms with Crippen LogP contribution in [0.2, 0.25) is 0 Å². The molecule has 0 radical (unpaired) electrons. The number of benzene rings is 1. The van der Waals surface area contributed by atoms with Crippen LogP contribution >= 0.6 is 0 Å². The first-order chi connectivity index (χ1) is 9.31. The highest BCUT2D eigenvalue weighted by molar-refractivity contribution is 5.21. The average molecular weight is 258 g/mol. The number of hydrogen-bond acceptors (Lipinski definition) is 2. The Kier molecular flexibility index (Phi) is 5.19. The lowest BCUT2D eigenvalue weighted by Crippen LogP contribution is -2.18. The van der Waals surface area contributed by atoms with Gasteiger partial charge in [-0.2, -0.15) is 0 Å². The molecule has 0 amide bonds. The Morgan fingerprint density at radius 3 is 2.74 bits per heavy atom. The second-order valence-corrected chi connectivity index (χ2v) is 4.72. The van der Waals surface area contributed by atoms with Crippen molar-refractivity contribution in [2.45, 2.75) is 19.5 Å². The van der Waals surface area contributed by atoms with E-state index in [1.54, 1.807) is 7.11 Å². The third-order valence-electron chi connectivity index (χ3n) is 3.32. The molecule has 0 spiro atoms. The van der Waals surface area contributed by atoms with Gasteiger partial charge in [0.1, 0.15) is 0 Å². The maximum atomic E-state index is 5.01. The van der Waals surface area contributed by atoms with Gasteiger partial charge in [0.2, 0.25) is 0 Å². The zero-order chi connectivity index (χ0) is 13.5. The summed E-state index contributed by atoms with van der Waals surface area (Å²) in [6, 6.07) is 13.1. The third-order valence-corrected chi connectivity index (χ3v) is 3.32. The number of nitrogens with zero attached hydrogens (tertiary/aromatic N) is 1. The van der Waals surface area contributed by atoms with Crippen molar-refractivity contribution in [3.05, 3.63) is 59.9 Å². The number of rotatable bonds is 7. The molecule has 0 bridgehead atoms. The van der Waals surface area contributed by atoms with E-state index in [1.165, 1.54) is 11.1 Å². The van der Waals surface area contributed by atoms with Gasteiger partial charge in [-0.25, -0.2) is 0 Å². The number of nitrogens with one attached hydrogen (secondary N) is 1. The van der Waals surface area contributed by atoms with Gasteiger partial charge in [0.05, 0.1) is 12.6 Å². The predicted molar refractivity (Wildman–Crippen MR) is 78.3 cm³/mol. The molecule has 1 heterocycles. The van der Waals surface area contributed by atoms with Crippen molar-refractivity contribution in [2.75, 3.05) is 20.3 Å². The molecule has 1 aromatic heterocycles. The third kappa shape index (κ3) is 3.94. The molecule has 0 aliphatic carbocycles. The van der Waals surface area contributed by atoms with Crippen LogP contribution in [0, 0.1) is 0 Å². The minimum absolute atomic E-state index is 0.369. The molecule has 3 heteroatoms. The summed E-state index contributed by atoms with van der Waals surface area (Å²) in [6.45, 7) is 4.74. The summed E-state index contributed by atoms with van der Waals surface area (Å²) in [7, 11) is 1.72. The van der Waals surface area contributed by atoms with Gasteiger partial charge in [0.15, 0.2) is 0 Å². The highest BCUT2D eigenvalue weighted by Gasteiger charge is 2.06. The van der Waals surface area contributed by atoms with Crippen molar-refractivity contribution in [2.24, 2.45) is 0 Å². The Morgan fingerprint density at radius 2 is 2.00 bits per heavy atom. The molecule has 0 unspecified atom stereocenters. The first kappa shape index (κ1) is 13.8. The van der Waals surface area contributed by atoms with Gasteiger partial charge in [-0.15, -0.1) is 0 Å². The van der Waals surface area contributed by atoms with E-state index in [0.717, 1.165) is 19.7 Å². The van der Waals surface area contributed by atoms with Gasteiger partial charge < -0.3 is 14.6 Å². The highest BCUT2D eigenvalue weighted by Crippen LogP contribution is 2.18. The van der Waals surface area contributed by atoms with Crippen LogP contribution in [0.3, 0.4) is 0 Å². The van der Waals surface area contributed by atoms with E-state index in [4.69, 9.17) is 4.74 Å². The standard InChI is InChI=1S/C16H22N2O/c1-14(16-6-4-3-5-7-16)18-10-8-15(13-18)12-17-9-11-19-2/h3-8,10,13-14,17H,9,11-12H2,1-2H3/t14-/m0/s1. The molecule has 19 heavy (non-hydrogen) atoms. The first-order valence-corrected chi connectivity index (χ1v) is 6.72. The summed E-state index contributed by atoms with van der Waals surface area (Å²) >= 11 is 0. The second-order valence-electron chi connectivity index (χ2n) is 4.72. The zero-order valence-corrected chi connectivity index (χ0v) is 11.7. The molecule has 0 fully saturated rings. The SMILES string of the molecule is COCCNCc1ccn([C@@H](C)c2ccccc2)c1. The maximum Gasteiger partial charge on any atom is 0.0587 e. The monoisotopic (exact) mass is 258 g/mol. The van der Waals surface area contributed by atoms with Gasteiger partial charge in [0, 0.05) is 32.6 Å². The molecule has 2 rings (SSSR count). The highest BCUT2D eigenvalue weighted by atomic mass is 16.5. The Morgan fingerprint density at radius 1 is 1.21 bits per heavy atom.